The molecule has 2 aromatic carbocycles. The van der Waals surface area contributed by atoms with Gasteiger partial charge in [0.2, 0.25) is 11.0 Å². The Labute approximate surface area is 171 Å². The summed E-state index contributed by atoms with van der Waals surface area (Å²) in [4.78, 5) is 11.3. The molecule has 29 heavy (non-hydrogen) atoms. The fraction of sp³-hybridized carbons (Fsp3) is 0.167. The second-order valence-electron chi connectivity index (χ2n) is 5.79. The highest BCUT2D eigenvalue weighted by Gasteiger charge is 2.19. The van der Waals surface area contributed by atoms with Gasteiger partial charge in [-0.15, -0.1) is 10.2 Å². The van der Waals surface area contributed by atoms with Gasteiger partial charge in [0.1, 0.15) is 16.5 Å². The first-order valence-electron chi connectivity index (χ1n) is 8.29. The van der Waals surface area contributed by atoms with Crippen LogP contribution in [-0.2, 0) is 14.8 Å². The van der Waals surface area contributed by atoms with Crippen LogP contribution in [0, 0.1) is 0 Å². The molecule has 0 fully saturated rings. The Morgan fingerprint density at radius 1 is 1.03 bits per heavy atom. The zero-order valence-electron chi connectivity index (χ0n) is 15.8. The molecule has 0 aliphatic heterocycles. The van der Waals surface area contributed by atoms with E-state index in [-0.39, 0.29) is 21.6 Å². The highest BCUT2D eigenvalue weighted by Crippen LogP contribution is 2.31. The van der Waals surface area contributed by atoms with E-state index in [0.717, 1.165) is 16.9 Å². The first-order chi connectivity index (χ1) is 13.8. The maximum atomic E-state index is 12.7. The van der Waals surface area contributed by atoms with Crippen molar-refractivity contribution in [1.82, 2.24) is 10.2 Å². The van der Waals surface area contributed by atoms with Crippen LogP contribution in [0.4, 0.5) is 10.8 Å². The Balaban J connectivity index is 1.84. The van der Waals surface area contributed by atoms with Crippen molar-refractivity contribution in [2.24, 2.45) is 0 Å². The second kappa shape index (κ2) is 8.45. The first kappa shape index (κ1) is 20.6. The number of anilines is 2. The molecule has 0 aliphatic carbocycles. The van der Waals surface area contributed by atoms with Gasteiger partial charge in [0.25, 0.3) is 10.0 Å². The van der Waals surface area contributed by atoms with E-state index in [1.54, 1.807) is 31.4 Å². The lowest BCUT2D eigenvalue weighted by atomic mass is 10.2. The molecule has 3 aromatic rings. The normalized spacial score (nSPS) is 11.0. The van der Waals surface area contributed by atoms with E-state index in [0.29, 0.717) is 16.5 Å². The third kappa shape index (κ3) is 4.81. The Morgan fingerprint density at radius 2 is 1.76 bits per heavy atom. The standard InChI is InChI=1S/C18H18N4O5S2/c1-11(23)19-15-10-14(8-9-16(15)27-3)29(24,25)22-18-21-20-17(28-18)12-4-6-13(26-2)7-5-12/h4-10H,1-3H3,(H,19,23)(H,21,22). The predicted octanol–water partition coefficient (Wildman–Crippen LogP) is 2.98. The van der Waals surface area contributed by atoms with E-state index in [1.165, 1.54) is 32.2 Å². The fourth-order valence-electron chi connectivity index (χ4n) is 2.43. The summed E-state index contributed by atoms with van der Waals surface area (Å²) in [6.45, 7) is 1.32. The highest BCUT2D eigenvalue weighted by atomic mass is 32.2. The molecule has 0 bridgehead atoms. The van der Waals surface area contributed by atoms with Gasteiger partial charge in [0, 0.05) is 12.5 Å². The molecule has 152 valence electrons. The molecular weight excluding hydrogens is 416 g/mol. The number of nitrogens with one attached hydrogen (secondary N) is 2. The minimum absolute atomic E-state index is 0.0525. The predicted molar refractivity (Wildman–Crippen MR) is 110 cm³/mol. The van der Waals surface area contributed by atoms with Gasteiger partial charge in [-0.3, -0.25) is 9.52 Å². The van der Waals surface area contributed by atoms with Gasteiger partial charge in [-0.2, -0.15) is 0 Å². The lowest BCUT2D eigenvalue weighted by Crippen LogP contribution is -2.14. The van der Waals surface area contributed by atoms with E-state index >= 15 is 0 Å². The summed E-state index contributed by atoms with van der Waals surface area (Å²) < 4.78 is 38.1. The lowest BCUT2D eigenvalue weighted by molar-refractivity contribution is -0.114. The molecule has 1 amide bonds. The number of ether oxygens (including phenoxy) is 2. The number of methoxy groups -OCH3 is 2. The number of amides is 1. The quantitative estimate of drug-likeness (QED) is 0.587. The van der Waals surface area contributed by atoms with Crippen LogP contribution in [0.15, 0.2) is 47.4 Å². The van der Waals surface area contributed by atoms with E-state index in [4.69, 9.17) is 9.47 Å². The molecule has 2 N–H and O–H groups in total. The molecule has 0 radical (unpaired) electrons. The zero-order valence-corrected chi connectivity index (χ0v) is 17.4. The monoisotopic (exact) mass is 434 g/mol. The largest absolute Gasteiger partial charge is 0.497 e. The second-order valence-corrected chi connectivity index (χ2v) is 8.45. The number of aromatic nitrogens is 2. The molecule has 0 spiro atoms. The Bertz CT molecular complexity index is 1130. The molecule has 0 saturated heterocycles. The average Bonchev–Trinajstić information content (AvgIpc) is 3.15. The van der Waals surface area contributed by atoms with Crippen molar-refractivity contribution in [3.63, 3.8) is 0 Å². The van der Waals surface area contributed by atoms with Gasteiger partial charge in [-0.1, -0.05) is 11.3 Å². The molecule has 0 aliphatic rings. The van der Waals surface area contributed by atoms with Crippen molar-refractivity contribution in [2.75, 3.05) is 24.3 Å². The van der Waals surface area contributed by atoms with Crippen LogP contribution in [0.1, 0.15) is 6.92 Å². The van der Waals surface area contributed by atoms with E-state index in [1.807, 2.05) is 0 Å². The highest BCUT2D eigenvalue weighted by molar-refractivity contribution is 7.93. The van der Waals surface area contributed by atoms with Gasteiger partial charge < -0.3 is 14.8 Å². The number of sulfonamides is 1. The molecule has 0 unspecified atom stereocenters. The number of carbonyl (C=O) groups excluding carboxylic acids is 1. The van der Waals surface area contributed by atoms with Crippen LogP contribution in [-0.4, -0.2) is 38.7 Å². The van der Waals surface area contributed by atoms with Crippen molar-refractivity contribution in [3.8, 4) is 22.1 Å². The van der Waals surface area contributed by atoms with Crippen LogP contribution >= 0.6 is 11.3 Å². The molecular formula is C18H18N4O5S2. The maximum Gasteiger partial charge on any atom is 0.263 e. The van der Waals surface area contributed by atoms with Crippen molar-refractivity contribution in [2.45, 2.75) is 11.8 Å². The van der Waals surface area contributed by atoms with Crippen molar-refractivity contribution in [1.29, 1.82) is 0 Å². The lowest BCUT2D eigenvalue weighted by Gasteiger charge is -2.11. The number of nitrogens with zero attached hydrogens (tertiary/aromatic N) is 2. The third-order valence-corrected chi connectivity index (χ3v) is 6.13. The molecule has 1 heterocycles. The van der Waals surface area contributed by atoms with Gasteiger partial charge in [0.05, 0.1) is 24.8 Å². The number of carbonyl (C=O) groups is 1. The summed E-state index contributed by atoms with van der Waals surface area (Å²) >= 11 is 1.10. The van der Waals surface area contributed by atoms with Gasteiger partial charge in [0.15, 0.2) is 0 Å². The Morgan fingerprint density at radius 3 is 2.38 bits per heavy atom. The maximum absolute atomic E-state index is 12.7. The average molecular weight is 434 g/mol. The summed E-state index contributed by atoms with van der Waals surface area (Å²) in [5.41, 5.74) is 1.03. The van der Waals surface area contributed by atoms with E-state index < -0.39 is 10.0 Å². The summed E-state index contributed by atoms with van der Waals surface area (Å²) in [5.74, 6) is 0.699. The summed E-state index contributed by atoms with van der Waals surface area (Å²) in [7, 11) is -0.947. The van der Waals surface area contributed by atoms with Crippen molar-refractivity contribution in [3.05, 3.63) is 42.5 Å². The van der Waals surface area contributed by atoms with Gasteiger partial charge in [-0.05, 0) is 42.5 Å². The van der Waals surface area contributed by atoms with Gasteiger partial charge >= 0.3 is 0 Å². The molecule has 0 saturated carbocycles. The minimum atomic E-state index is -3.95. The van der Waals surface area contributed by atoms with E-state index in [2.05, 4.69) is 20.2 Å². The number of hydrogen-bond donors (Lipinski definition) is 2. The number of rotatable bonds is 7. The van der Waals surface area contributed by atoms with Crippen LogP contribution in [0.2, 0.25) is 0 Å². The number of hydrogen-bond acceptors (Lipinski definition) is 8. The topological polar surface area (TPSA) is 120 Å². The molecule has 1 aromatic heterocycles. The van der Waals surface area contributed by atoms with Crippen LogP contribution in [0.3, 0.4) is 0 Å². The summed E-state index contributed by atoms with van der Waals surface area (Å²) in [5, 5.41) is 11.1. The SMILES string of the molecule is COc1ccc(-c2nnc(NS(=O)(=O)c3ccc(OC)c(NC(C)=O)c3)s2)cc1. The van der Waals surface area contributed by atoms with Crippen molar-refractivity contribution < 1.29 is 22.7 Å². The van der Waals surface area contributed by atoms with Crippen LogP contribution in [0.25, 0.3) is 10.6 Å². The minimum Gasteiger partial charge on any atom is -0.497 e. The van der Waals surface area contributed by atoms with E-state index in [9.17, 15) is 13.2 Å². The zero-order chi connectivity index (χ0) is 21.0. The Hall–Kier alpha value is -3.18. The molecule has 9 nitrogen and oxygen atoms in total. The Kier molecular flexibility index (Phi) is 5.99. The van der Waals surface area contributed by atoms with Crippen molar-refractivity contribution >= 4 is 38.1 Å². The third-order valence-electron chi connectivity index (χ3n) is 3.78. The summed E-state index contributed by atoms with van der Waals surface area (Å²) in [6, 6.07) is 11.3. The molecule has 3 rings (SSSR count). The molecule has 0 atom stereocenters. The first-order valence-corrected chi connectivity index (χ1v) is 10.6. The molecule has 11 heteroatoms. The fourth-order valence-corrected chi connectivity index (χ4v) is 4.44. The smallest absolute Gasteiger partial charge is 0.263 e. The van der Waals surface area contributed by atoms with Crippen LogP contribution < -0.4 is 19.5 Å². The number of benzene rings is 2. The summed E-state index contributed by atoms with van der Waals surface area (Å²) in [6.07, 6.45) is 0. The van der Waals surface area contributed by atoms with Crippen LogP contribution in [0.5, 0.6) is 11.5 Å². The van der Waals surface area contributed by atoms with Gasteiger partial charge in [-0.25, -0.2) is 8.42 Å².